The number of hydrogen-bond donors (Lipinski definition) is 1. The minimum Gasteiger partial charge on any atom is -0.307 e. The van der Waals surface area contributed by atoms with Gasteiger partial charge in [0.05, 0.1) is 24.0 Å². The van der Waals surface area contributed by atoms with Crippen molar-refractivity contribution < 1.29 is 0 Å². The first-order chi connectivity index (χ1) is 8.95. The van der Waals surface area contributed by atoms with Crippen molar-refractivity contribution in [3.63, 3.8) is 0 Å². The normalized spacial score (nSPS) is 13.7. The lowest BCUT2D eigenvalue weighted by Crippen LogP contribution is -2.30. The summed E-state index contributed by atoms with van der Waals surface area (Å²) in [6.07, 6.45) is 5.75. The summed E-state index contributed by atoms with van der Waals surface area (Å²) in [6.45, 7) is 10.0. The van der Waals surface area contributed by atoms with E-state index < -0.39 is 0 Å². The fourth-order valence-corrected chi connectivity index (χ4v) is 1.74. The van der Waals surface area contributed by atoms with E-state index in [-0.39, 0.29) is 5.54 Å². The Bertz CT molecular complexity index is 493. The van der Waals surface area contributed by atoms with Crippen LogP contribution in [0.5, 0.6) is 0 Å². The zero-order chi connectivity index (χ0) is 13.9. The summed E-state index contributed by atoms with van der Waals surface area (Å²) in [5.74, 6) is 0. The lowest BCUT2D eigenvalue weighted by Gasteiger charge is -2.17. The molecule has 0 saturated heterocycles. The molecule has 0 aromatic carbocycles. The number of rotatable bonds is 5. The van der Waals surface area contributed by atoms with Crippen molar-refractivity contribution in [2.24, 2.45) is 0 Å². The van der Waals surface area contributed by atoms with Gasteiger partial charge in [-0.15, -0.1) is 5.10 Å². The molecule has 2 aromatic heterocycles. The molecule has 104 valence electrons. The molecule has 2 aromatic rings. The lowest BCUT2D eigenvalue weighted by molar-refractivity contribution is 0.346. The highest BCUT2D eigenvalue weighted by Gasteiger charge is 2.15. The van der Waals surface area contributed by atoms with E-state index in [1.165, 1.54) is 0 Å². The lowest BCUT2D eigenvalue weighted by atomic mass is 10.1. The molecule has 0 aliphatic heterocycles. The van der Waals surface area contributed by atoms with Crippen LogP contribution in [0.25, 0.3) is 0 Å². The molecule has 19 heavy (non-hydrogen) atoms. The van der Waals surface area contributed by atoms with Crippen LogP contribution < -0.4 is 5.32 Å². The van der Waals surface area contributed by atoms with E-state index in [2.05, 4.69) is 48.4 Å². The average molecular weight is 262 g/mol. The second-order valence-corrected chi connectivity index (χ2v) is 5.84. The van der Waals surface area contributed by atoms with E-state index in [0.29, 0.717) is 6.04 Å². The molecule has 1 unspecified atom stereocenters. The van der Waals surface area contributed by atoms with Crippen molar-refractivity contribution in [1.82, 2.24) is 30.1 Å². The van der Waals surface area contributed by atoms with Gasteiger partial charge in [-0.25, -0.2) is 4.68 Å². The monoisotopic (exact) mass is 262 g/mol. The van der Waals surface area contributed by atoms with E-state index in [4.69, 9.17) is 0 Å². The summed E-state index contributed by atoms with van der Waals surface area (Å²) in [5, 5.41) is 15.9. The van der Waals surface area contributed by atoms with E-state index in [0.717, 1.165) is 18.8 Å². The van der Waals surface area contributed by atoms with Crippen LogP contribution in [0.3, 0.4) is 0 Å². The van der Waals surface area contributed by atoms with Gasteiger partial charge in [0.15, 0.2) is 0 Å². The van der Waals surface area contributed by atoms with Gasteiger partial charge in [0.1, 0.15) is 0 Å². The first-order valence-corrected chi connectivity index (χ1v) is 6.57. The van der Waals surface area contributed by atoms with Crippen molar-refractivity contribution >= 4 is 0 Å². The molecular weight excluding hydrogens is 240 g/mol. The molecule has 2 rings (SSSR count). The molecule has 6 nitrogen and oxygen atoms in total. The maximum Gasteiger partial charge on any atom is 0.0965 e. The average Bonchev–Trinajstić information content (AvgIpc) is 2.95. The minimum atomic E-state index is -0.0219. The third-order valence-electron chi connectivity index (χ3n) is 2.88. The zero-order valence-corrected chi connectivity index (χ0v) is 12.0. The Morgan fingerprint density at radius 3 is 2.74 bits per heavy atom. The van der Waals surface area contributed by atoms with Crippen LogP contribution in [0.1, 0.15) is 33.4 Å². The number of aromatic nitrogens is 5. The van der Waals surface area contributed by atoms with Crippen LogP contribution in [0.15, 0.2) is 24.7 Å². The van der Waals surface area contributed by atoms with E-state index in [1.54, 1.807) is 6.20 Å². The van der Waals surface area contributed by atoms with Gasteiger partial charge in [-0.1, -0.05) is 5.21 Å². The van der Waals surface area contributed by atoms with Crippen LogP contribution in [-0.2, 0) is 18.6 Å². The Morgan fingerprint density at radius 2 is 2.16 bits per heavy atom. The Labute approximate surface area is 113 Å². The van der Waals surface area contributed by atoms with Gasteiger partial charge in [0.25, 0.3) is 0 Å². The second kappa shape index (κ2) is 5.52. The Balaban J connectivity index is 1.83. The summed E-state index contributed by atoms with van der Waals surface area (Å²) in [5.41, 5.74) is 0.939. The van der Waals surface area contributed by atoms with Crippen LogP contribution in [0.4, 0.5) is 0 Å². The summed E-state index contributed by atoms with van der Waals surface area (Å²) in [4.78, 5) is 0. The quantitative estimate of drug-likeness (QED) is 0.885. The van der Waals surface area contributed by atoms with Gasteiger partial charge in [-0.2, -0.15) is 5.10 Å². The Hall–Kier alpha value is -1.69. The largest absolute Gasteiger partial charge is 0.307 e. The molecule has 6 heteroatoms. The van der Waals surface area contributed by atoms with E-state index >= 15 is 0 Å². The van der Waals surface area contributed by atoms with E-state index in [9.17, 15) is 0 Å². The maximum absolute atomic E-state index is 4.19. The fourth-order valence-electron chi connectivity index (χ4n) is 1.74. The topological polar surface area (TPSA) is 60.6 Å². The molecule has 0 radical (unpaired) electrons. The Kier molecular flexibility index (Phi) is 3.99. The van der Waals surface area contributed by atoms with Gasteiger partial charge in [-0.3, -0.25) is 4.68 Å². The molecule has 0 saturated carbocycles. The third-order valence-corrected chi connectivity index (χ3v) is 2.88. The predicted octanol–water partition coefficient (Wildman–Crippen LogP) is 1.41. The molecule has 0 fully saturated rings. The molecular formula is C13H22N6. The minimum absolute atomic E-state index is 0.0219. The molecule has 1 atom stereocenters. The van der Waals surface area contributed by atoms with Gasteiger partial charge < -0.3 is 5.32 Å². The van der Waals surface area contributed by atoms with Gasteiger partial charge in [0, 0.05) is 25.0 Å². The predicted molar refractivity (Wildman–Crippen MR) is 73.5 cm³/mol. The van der Waals surface area contributed by atoms with Crippen LogP contribution in [0, 0.1) is 0 Å². The van der Waals surface area contributed by atoms with Crippen LogP contribution in [0.2, 0.25) is 0 Å². The highest BCUT2D eigenvalue weighted by Crippen LogP contribution is 2.11. The van der Waals surface area contributed by atoms with Crippen molar-refractivity contribution in [1.29, 1.82) is 0 Å². The summed E-state index contributed by atoms with van der Waals surface area (Å²) >= 11 is 0. The first kappa shape index (κ1) is 13.7. The summed E-state index contributed by atoms with van der Waals surface area (Å²) in [6, 6.07) is 2.27. The zero-order valence-electron chi connectivity index (χ0n) is 12.0. The standard InChI is InChI=1S/C13H22N6/c1-11(9-18-7-5-6-15-18)14-8-12-10-19(17-16-12)13(2,3)4/h5-7,10-11,14H,8-9H2,1-4H3. The SMILES string of the molecule is CC(Cn1cccn1)NCc1cn(C(C)(C)C)nn1. The first-order valence-electron chi connectivity index (χ1n) is 6.57. The van der Waals surface area contributed by atoms with Gasteiger partial charge >= 0.3 is 0 Å². The smallest absolute Gasteiger partial charge is 0.0965 e. The molecule has 0 spiro atoms. The number of hydrogen-bond acceptors (Lipinski definition) is 4. The van der Waals surface area contributed by atoms with Gasteiger partial charge in [0.2, 0.25) is 0 Å². The van der Waals surface area contributed by atoms with Crippen molar-refractivity contribution in [2.75, 3.05) is 0 Å². The van der Waals surface area contributed by atoms with Crippen LogP contribution >= 0.6 is 0 Å². The van der Waals surface area contributed by atoms with Crippen molar-refractivity contribution in [3.8, 4) is 0 Å². The van der Waals surface area contributed by atoms with Gasteiger partial charge in [-0.05, 0) is 33.8 Å². The van der Waals surface area contributed by atoms with Crippen molar-refractivity contribution in [3.05, 3.63) is 30.4 Å². The molecule has 0 aliphatic carbocycles. The number of nitrogens with zero attached hydrogens (tertiary/aromatic N) is 5. The third kappa shape index (κ3) is 3.89. The van der Waals surface area contributed by atoms with E-state index in [1.807, 2.05) is 27.8 Å². The molecule has 0 amide bonds. The molecule has 0 aliphatic rings. The second-order valence-electron chi connectivity index (χ2n) is 5.84. The molecule has 1 N–H and O–H groups in total. The fraction of sp³-hybridized carbons (Fsp3) is 0.615. The molecule has 0 bridgehead atoms. The molecule has 2 heterocycles. The summed E-state index contributed by atoms with van der Waals surface area (Å²) < 4.78 is 3.81. The summed E-state index contributed by atoms with van der Waals surface area (Å²) in [7, 11) is 0. The maximum atomic E-state index is 4.19. The van der Waals surface area contributed by atoms with Crippen molar-refractivity contribution in [2.45, 2.75) is 52.4 Å². The highest BCUT2D eigenvalue weighted by molar-refractivity contribution is 4.94. The number of nitrogens with one attached hydrogen (secondary N) is 1. The van der Waals surface area contributed by atoms with Crippen LogP contribution in [-0.4, -0.2) is 30.8 Å². The highest BCUT2D eigenvalue weighted by atomic mass is 15.4. The Morgan fingerprint density at radius 1 is 1.37 bits per heavy atom.